The molecule has 4 aliphatic carbocycles. The lowest BCUT2D eigenvalue weighted by molar-refractivity contribution is -0.387. The molecular weight excluding hydrogens is 447 g/mol. The van der Waals surface area contributed by atoms with Crippen molar-refractivity contribution in [1.29, 1.82) is 0 Å². The summed E-state index contributed by atoms with van der Waals surface area (Å²) in [4.78, 5) is 35.5. The van der Waals surface area contributed by atoms with Crippen LogP contribution < -0.4 is 5.32 Å². The van der Waals surface area contributed by atoms with Gasteiger partial charge in [-0.1, -0.05) is 15.9 Å². The van der Waals surface area contributed by atoms with Gasteiger partial charge in [-0.05, 0) is 69.4 Å². The Morgan fingerprint density at radius 2 is 1.97 bits per heavy atom. The number of alkyl halides is 1. The van der Waals surface area contributed by atoms with Crippen molar-refractivity contribution in [2.45, 2.75) is 55.9 Å². The molecule has 1 N–H and O–H groups in total. The SMILES string of the molecule is CC(OC(=O)C12CC3CC(CC(Br)(C3)C1)C2)C(=O)Nc1ccc(F)c([N+](=O)[O-])c1. The van der Waals surface area contributed by atoms with Gasteiger partial charge in [0.25, 0.3) is 5.91 Å². The van der Waals surface area contributed by atoms with Gasteiger partial charge in [0.05, 0.1) is 10.3 Å². The lowest BCUT2D eigenvalue weighted by Gasteiger charge is -2.58. The first-order valence-electron chi connectivity index (χ1n) is 9.74. The van der Waals surface area contributed by atoms with Crippen LogP contribution in [0, 0.1) is 33.2 Å². The summed E-state index contributed by atoms with van der Waals surface area (Å²) in [5, 5.41) is 13.3. The molecule has 1 aromatic carbocycles. The average Bonchev–Trinajstić information content (AvgIpc) is 2.60. The van der Waals surface area contributed by atoms with E-state index in [1.165, 1.54) is 13.0 Å². The number of esters is 1. The zero-order chi connectivity index (χ0) is 21.0. The number of nitro groups is 1. The van der Waals surface area contributed by atoms with E-state index in [-0.39, 0.29) is 16.0 Å². The maximum absolute atomic E-state index is 13.5. The number of nitro benzene ring substituents is 1. The number of nitrogens with one attached hydrogen (secondary N) is 1. The molecule has 0 aliphatic heterocycles. The van der Waals surface area contributed by atoms with Crippen LogP contribution in [0.1, 0.15) is 45.4 Å². The summed E-state index contributed by atoms with van der Waals surface area (Å²) in [7, 11) is 0. The van der Waals surface area contributed by atoms with E-state index in [4.69, 9.17) is 4.74 Å². The van der Waals surface area contributed by atoms with E-state index < -0.39 is 33.9 Å². The van der Waals surface area contributed by atoms with Crippen molar-refractivity contribution in [3.63, 3.8) is 0 Å². The highest BCUT2D eigenvalue weighted by atomic mass is 79.9. The number of benzene rings is 1. The van der Waals surface area contributed by atoms with Gasteiger partial charge in [-0.25, -0.2) is 0 Å². The third-order valence-corrected chi connectivity index (χ3v) is 7.41. The third-order valence-electron chi connectivity index (χ3n) is 6.49. The molecule has 0 radical (unpaired) electrons. The highest BCUT2D eigenvalue weighted by Crippen LogP contribution is 2.64. The number of amides is 1. The van der Waals surface area contributed by atoms with Crippen molar-refractivity contribution >= 4 is 39.2 Å². The zero-order valence-electron chi connectivity index (χ0n) is 16.0. The van der Waals surface area contributed by atoms with Crippen LogP contribution in [-0.2, 0) is 14.3 Å². The molecule has 1 amide bonds. The Bertz CT molecular complexity index is 878. The standard InChI is InChI=1S/C20H22BrFN2O5/c1-11(17(25)23-14-2-3-15(22)16(5-14)24(27)28)29-18(26)19-6-12-4-13(7-19)9-20(21,8-12)10-19/h2-3,5,11-13H,4,6-10H2,1H3,(H,23,25). The highest BCUT2D eigenvalue weighted by Gasteiger charge is 2.60. The molecule has 29 heavy (non-hydrogen) atoms. The molecule has 3 unspecified atom stereocenters. The van der Waals surface area contributed by atoms with E-state index in [0.29, 0.717) is 11.8 Å². The van der Waals surface area contributed by atoms with Crippen molar-refractivity contribution in [2.75, 3.05) is 5.32 Å². The lowest BCUT2D eigenvalue weighted by atomic mass is 9.49. The number of carbonyl (C=O) groups is 2. The Morgan fingerprint density at radius 3 is 2.55 bits per heavy atom. The fraction of sp³-hybridized carbons (Fsp3) is 0.600. The Kier molecular flexibility index (Phi) is 4.91. The van der Waals surface area contributed by atoms with Gasteiger partial charge in [-0.15, -0.1) is 0 Å². The smallest absolute Gasteiger partial charge is 0.312 e. The van der Waals surface area contributed by atoms with Crippen molar-refractivity contribution in [3.05, 3.63) is 34.1 Å². The second-order valence-corrected chi connectivity index (χ2v) is 10.5. The number of hydrogen-bond donors (Lipinski definition) is 1. The maximum Gasteiger partial charge on any atom is 0.312 e. The predicted octanol–water partition coefficient (Wildman–Crippen LogP) is 4.34. The molecular formula is C20H22BrFN2O5. The van der Waals surface area contributed by atoms with Gasteiger partial charge in [0.2, 0.25) is 5.82 Å². The summed E-state index contributed by atoms with van der Waals surface area (Å²) in [6.45, 7) is 1.47. The summed E-state index contributed by atoms with van der Waals surface area (Å²) in [5.74, 6) is -0.933. The van der Waals surface area contributed by atoms with Crippen LogP contribution in [0.15, 0.2) is 18.2 Å². The molecule has 4 saturated carbocycles. The van der Waals surface area contributed by atoms with Crippen molar-refractivity contribution < 1.29 is 23.6 Å². The van der Waals surface area contributed by atoms with Crippen LogP contribution in [-0.4, -0.2) is 27.2 Å². The van der Waals surface area contributed by atoms with Crippen LogP contribution in [0.25, 0.3) is 0 Å². The average molecular weight is 469 g/mol. The first kappa shape index (κ1) is 20.3. The van der Waals surface area contributed by atoms with Gasteiger partial charge in [0, 0.05) is 16.1 Å². The quantitative estimate of drug-likeness (QED) is 0.300. The van der Waals surface area contributed by atoms with Crippen LogP contribution in [0.2, 0.25) is 0 Å². The predicted molar refractivity (Wildman–Crippen MR) is 106 cm³/mol. The van der Waals surface area contributed by atoms with Crippen LogP contribution >= 0.6 is 15.9 Å². The Morgan fingerprint density at radius 1 is 1.31 bits per heavy atom. The Balaban J connectivity index is 1.42. The number of hydrogen-bond acceptors (Lipinski definition) is 5. The summed E-state index contributed by atoms with van der Waals surface area (Å²) in [5.41, 5.74) is -1.21. The van der Waals surface area contributed by atoms with E-state index in [1.807, 2.05) is 0 Å². The molecule has 4 aliphatic rings. The molecule has 4 fully saturated rings. The van der Waals surface area contributed by atoms with E-state index in [2.05, 4.69) is 21.2 Å². The monoisotopic (exact) mass is 468 g/mol. The molecule has 0 aromatic heterocycles. The maximum atomic E-state index is 13.5. The van der Waals surface area contributed by atoms with Crippen LogP contribution in [0.3, 0.4) is 0 Å². The summed E-state index contributed by atoms with van der Waals surface area (Å²) in [6, 6.07) is 3.08. The molecule has 3 atom stereocenters. The summed E-state index contributed by atoms with van der Waals surface area (Å²) >= 11 is 3.85. The molecule has 1 aromatic rings. The molecule has 9 heteroatoms. The van der Waals surface area contributed by atoms with E-state index >= 15 is 0 Å². The van der Waals surface area contributed by atoms with Crippen molar-refractivity contribution in [1.82, 2.24) is 0 Å². The van der Waals surface area contributed by atoms with Crippen molar-refractivity contribution in [3.8, 4) is 0 Å². The highest BCUT2D eigenvalue weighted by molar-refractivity contribution is 9.10. The second kappa shape index (κ2) is 7.04. The number of nitrogens with zero attached hydrogens (tertiary/aromatic N) is 1. The largest absolute Gasteiger partial charge is 0.452 e. The van der Waals surface area contributed by atoms with Gasteiger partial charge in [-0.3, -0.25) is 19.7 Å². The van der Waals surface area contributed by atoms with E-state index in [1.54, 1.807) is 0 Å². The summed E-state index contributed by atoms with van der Waals surface area (Å²) < 4.78 is 19.0. The summed E-state index contributed by atoms with van der Waals surface area (Å²) in [6.07, 6.45) is 4.58. The fourth-order valence-electron chi connectivity index (χ4n) is 5.70. The number of anilines is 1. The van der Waals surface area contributed by atoms with Gasteiger partial charge >= 0.3 is 11.7 Å². The number of ether oxygens (including phenoxy) is 1. The number of carbonyl (C=O) groups excluding carboxylic acids is 2. The molecule has 0 heterocycles. The van der Waals surface area contributed by atoms with Gasteiger partial charge < -0.3 is 10.1 Å². The number of rotatable bonds is 5. The zero-order valence-corrected chi connectivity index (χ0v) is 17.5. The van der Waals surface area contributed by atoms with Crippen LogP contribution in [0.5, 0.6) is 0 Å². The van der Waals surface area contributed by atoms with Gasteiger partial charge in [0.15, 0.2) is 6.10 Å². The van der Waals surface area contributed by atoms with Gasteiger partial charge in [-0.2, -0.15) is 4.39 Å². The van der Waals surface area contributed by atoms with E-state index in [9.17, 15) is 24.1 Å². The second-order valence-electron chi connectivity index (χ2n) is 8.85. The number of halogens is 2. The lowest BCUT2D eigenvalue weighted by Crippen LogP contribution is -2.56. The first-order valence-corrected chi connectivity index (χ1v) is 10.5. The minimum Gasteiger partial charge on any atom is -0.452 e. The molecule has 0 spiro atoms. The normalized spacial score (nSPS) is 33.2. The third kappa shape index (κ3) is 3.76. The van der Waals surface area contributed by atoms with Gasteiger partial charge in [0.1, 0.15) is 0 Å². The molecule has 4 bridgehead atoms. The minimum absolute atomic E-state index is 0.00531. The minimum atomic E-state index is -1.06. The Labute approximate surface area is 175 Å². The molecule has 156 valence electrons. The Hall–Kier alpha value is -2.03. The molecule has 7 nitrogen and oxygen atoms in total. The topological polar surface area (TPSA) is 98.5 Å². The first-order chi connectivity index (χ1) is 13.6. The van der Waals surface area contributed by atoms with Crippen LogP contribution in [0.4, 0.5) is 15.8 Å². The van der Waals surface area contributed by atoms with E-state index in [0.717, 1.165) is 50.7 Å². The fourth-order valence-corrected chi connectivity index (χ4v) is 7.16. The molecule has 0 saturated heterocycles. The molecule has 5 rings (SSSR count). The van der Waals surface area contributed by atoms with Crippen molar-refractivity contribution in [2.24, 2.45) is 17.3 Å².